The fourth-order valence-electron chi connectivity index (χ4n) is 4.38. The Hall–Kier alpha value is -4.36. The first-order valence-electron chi connectivity index (χ1n) is 12.0. The molecule has 1 aliphatic heterocycles. The summed E-state index contributed by atoms with van der Waals surface area (Å²) < 4.78 is 42.9. The predicted octanol–water partition coefficient (Wildman–Crippen LogP) is 4.46. The molecule has 0 aliphatic carbocycles. The number of anilines is 2. The molecule has 1 N–H and O–H groups in total. The van der Waals surface area contributed by atoms with Crippen molar-refractivity contribution in [3.63, 3.8) is 0 Å². The van der Waals surface area contributed by atoms with Gasteiger partial charge in [-0.15, -0.1) is 0 Å². The van der Waals surface area contributed by atoms with Crippen molar-refractivity contribution in [1.82, 2.24) is 19.3 Å². The van der Waals surface area contributed by atoms with Gasteiger partial charge in [0, 0.05) is 61.1 Å². The summed E-state index contributed by atoms with van der Waals surface area (Å²) in [5.41, 5.74) is 2.64. The molecule has 2 aromatic carbocycles. The van der Waals surface area contributed by atoms with Crippen LogP contribution in [0.4, 0.5) is 24.5 Å². The lowest BCUT2D eigenvalue weighted by molar-refractivity contribution is -0.137. The van der Waals surface area contributed by atoms with E-state index in [9.17, 15) is 18.0 Å². The van der Waals surface area contributed by atoms with Crippen LogP contribution in [0.5, 0.6) is 0 Å². The Balaban J connectivity index is 1.42. The smallest absolute Gasteiger partial charge is 0.369 e. The maximum absolute atomic E-state index is 13.7. The first kappa shape index (κ1) is 25.3. The van der Waals surface area contributed by atoms with E-state index in [-0.39, 0.29) is 5.69 Å². The minimum atomic E-state index is -4.54. The topological polar surface area (TPSA) is 65.8 Å². The Kier molecular flexibility index (Phi) is 6.78. The minimum Gasteiger partial charge on any atom is -0.369 e. The fraction of sp³-hybridized carbons (Fsp3) is 0.250. The maximum Gasteiger partial charge on any atom is 0.416 e. The highest BCUT2D eigenvalue weighted by Crippen LogP contribution is 2.35. The molecule has 5 rings (SSSR count). The number of alkyl halides is 3. The number of aromatic nitrogens is 3. The highest BCUT2D eigenvalue weighted by Gasteiger charge is 2.32. The van der Waals surface area contributed by atoms with Crippen LogP contribution in [0.1, 0.15) is 32.7 Å². The number of nitrogens with zero attached hydrogens (tertiary/aromatic N) is 5. The van der Waals surface area contributed by atoms with Gasteiger partial charge in [-0.25, -0.2) is 4.98 Å². The molecule has 194 valence electrons. The number of amides is 1. The van der Waals surface area contributed by atoms with Crippen molar-refractivity contribution in [2.45, 2.75) is 13.1 Å². The molecule has 0 spiro atoms. The standard InChI is InChI=1S/C28H25F3N6O/c1-19-20(6-7-23-17-33-26-18-32-8-9-37(23)26)4-3-5-25(19)27(38)34-22-14-21(28(29,30)31)15-24(16-22)36-12-10-35(2)11-13-36/h3-5,8-9,14-18H,10-13H2,1-2H3,(H,34,38). The molecule has 3 heterocycles. The van der Waals surface area contributed by atoms with E-state index in [2.05, 4.69) is 32.0 Å². The van der Waals surface area contributed by atoms with Crippen molar-refractivity contribution in [3.8, 4) is 11.8 Å². The lowest BCUT2D eigenvalue weighted by Crippen LogP contribution is -2.44. The third-order valence-corrected chi connectivity index (χ3v) is 6.59. The highest BCUT2D eigenvalue weighted by atomic mass is 19.4. The van der Waals surface area contributed by atoms with Crippen LogP contribution in [0.15, 0.2) is 61.2 Å². The molecule has 0 atom stereocenters. The second kappa shape index (κ2) is 10.2. The quantitative estimate of drug-likeness (QED) is 0.406. The van der Waals surface area contributed by atoms with Crippen LogP contribution < -0.4 is 10.2 Å². The zero-order valence-corrected chi connectivity index (χ0v) is 20.9. The Morgan fingerprint density at radius 2 is 1.84 bits per heavy atom. The van der Waals surface area contributed by atoms with E-state index in [1.165, 1.54) is 0 Å². The molecule has 4 aromatic rings. The number of rotatable bonds is 3. The molecule has 0 saturated carbocycles. The Labute approximate surface area is 217 Å². The van der Waals surface area contributed by atoms with Crippen molar-refractivity contribution in [2.24, 2.45) is 0 Å². The summed E-state index contributed by atoms with van der Waals surface area (Å²) >= 11 is 0. The number of imidazole rings is 1. The number of piperazine rings is 1. The molecule has 1 amide bonds. The summed E-state index contributed by atoms with van der Waals surface area (Å²) in [5, 5.41) is 2.68. The summed E-state index contributed by atoms with van der Waals surface area (Å²) in [5.74, 6) is 5.65. The molecule has 0 radical (unpaired) electrons. The number of hydrogen-bond donors (Lipinski definition) is 1. The normalized spacial score (nSPS) is 14.3. The fourth-order valence-corrected chi connectivity index (χ4v) is 4.38. The van der Waals surface area contributed by atoms with Gasteiger partial charge in [-0.3, -0.25) is 14.2 Å². The minimum absolute atomic E-state index is 0.0916. The number of nitrogens with one attached hydrogen (secondary N) is 1. The third kappa shape index (κ3) is 5.33. The van der Waals surface area contributed by atoms with Crippen molar-refractivity contribution in [1.29, 1.82) is 0 Å². The van der Waals surface area contributed by atoms with Gasteiger partial charge in [-0.2, -0.15) is 13.2 Å². The van der Waals surface area contributed by atoms with Crippen LogP contribution in [0, 0.1) is 18.8 Å². The second-order valence-corrected chi connectivity index (χ2v) is 9.19. The maximum atomic E-state index is 13.7. The zero-order chi connectivity index (χ0) is 26.9. The van der Waals surface area contributed by atoms with Crippen LogP contribution >= 0.6 is 0 Å². The zero-order valence-electron chi connectivity index (χ0n) is 20.9. The van der Waals surface area contributed by atoms with Gasteiger partial charge in [0.2, 0.25) is 0 Å². The van der Waals surface area contributed by atoms with Crippen molar-refractivity contribution in [3.05, 3.63) is 89.1 Å². The van der Waals surface area contributed by atoms with Crippen LogP contribution in [0.3, 0.4) is 0 Å². The van der Waals surface area contributed by atoms with Crippen LogP contribution in [-0.4, -0.2) is 58.4 Å². The Morgan fingerprint density at radius 1 is 1.05 bits per heavy atom. The van der Waals surface area contributed by atoms with Gasteiger partial charge >= 0.3 is 6.18 Å². The van der Waals surface area contributed by atoms with Crippen LogP contribution in [0.2, 0.25) is 0 Å². The predicted molar refractivity (Wildman–Crippen MR) is 139 cm³/mol. The molecule has 1 fully saturated rings. The van der Waals surface area contributed by atoms with Crippen LogP contribution in [-0.2, 0) is 6.18 Å². The summed E-state index contributed by atoms with van der Waals surface area (Å²) in [6.07, 6.45) is 2.13. The molecule has 2 aromatic heterocycles. The van der Waals surface area contributed by atoms with Gasteiger partial charge in [0.25, 0.3) is 5.91 Å². The van der Waals surface area contributed by atoms with Crippen molar-refractivity contribution < 1.29 is 18.0 Å². The van der Waals surface area contributed by atoms with E-state index in [0.29, 0.717) is 46.8 Å². The molecule has 1 aliphatic rings. The molecule has 0 unspecified atom stereocenters. The summed E-state index contributed by atoms with van der Waals surface area (Å²) in [6.45, 7) is 4.47. The van der Waals surface area contributed by atoms with E-state index in [1.807, 2.05) is 11.9 Å². The van der Waals surface area contributed by atoms with Crippen molar-refractivity contribution >= 4 is 22.9 Å². The van der Waals surface area contributed by atoms with Gasteiger partial charge in [0.1, 0.15) is 5.69 Å². The van der Waals surface area contributed by atoms with Crippen LogP contribution in [0.25, 0.3) is 5.65 Å². The number of hydrogen-bond acceptors (Lipinski definition) is 5. The molecule has 10 heteroatoms. The first-order chi connectivity index (χ1) is 18.2. The van der Waals surface area contributed by atoms with E-state index in [0.717, 1.165) is 25.2 Å². The average molecular weight is 519 g/mol. The van der Waals surface area contributed by atoms with E-state index < -0.39 is 17.6 Å². The van der Waals surface area contributed by atoms with E-state index in [1.54, 1.807) is 60.4 Å². The number of carbonyl (C=O) groups excluding carboxylic acids is 1. The molecule has 38 heavy (non-hydrogen) atoms. The Morgan fingerprint density at radius 3 is 2.61 bits per heavy atom. The average Bonchev–Trinajstić information content (AvgIpc) is 3.31. The summed E-state index contributed by atoms with van der Waals surface area (Å²) in [6, 6.07) is 8.82. The summed E-state index contributed by atoms with van der Waals surface area (Å²) in [4.78, 5) is 25.5. The van der Waals surface area contributed by atoms with Gasteiger partial charge < -0.3 is 15.1 Å². The number of halogens is 3. The Bertz CT molecular complexity index is 1560. The highest BCUT2D eigenvalue weighted by molar-refractivity contribution is 6.05. The lowest BCUT2D eigenvalue weighted by atomic mass is 10.0. The van der Waals surface area contributed by atoms with Crippen molar-refractivity contribution in [2.75, 3.05) is 43.4 Å². The second-order valence-electron chi connectivity index (χ2n) is 9.19. The number of fused-ring (bicyclic) bond motifs is 1. The molecule has 7 nitrogen and oxygen atoms in total. The molecule has 0 bridgehead atoms. The van der Waals surface area contributed by atoms with Gasteiger partial charge in [-0.1, -0.05) is 12.0 Å². The number of carbonyl (C=O) groups is 1. The first-order valence-corrected chi connectivity index (χ1v) is 12.0. The monoisotopic (exact) mass is 518 g/mol. The molecular weight excluding hydrogens is 493 g/mol. The van der Waals surface area contributed by atoms with E-state index in [4.69, 9.17) is 0 Å². The van der Waals surface area contributed by atoms with E-state index >= 15 is 0 Å². The third-order valence-electron chi connectivity index (χ3n) is 6.59. The number of likely N-dealkylation sites (N-methyl/N-ethyl adjacent to an activating group) is 1. The van der Waals surface area contributed by atoms with Gasteiger partial charge in [-0.05, 0) is 55.8 Å². The SMILES string of the molecule is Cc1c(C#Cc2cnc3cnccn23)cccc1C(=O)Nc1cc(N2CCN(C)CC2)cc(C(F)(F)F)c1. The molecule has 1 saturated heterocycles. The largest absolute Gasteiger partial charge is 0.416 e. The number of benzene rings is 2. The van der Waals surface area contributed by atoms with Gasteiger partial charge in [0.05, 0.1) is 18.0 Å². The van der Waals surface area contributed by atoms with Gasteiger partial charge in [0.15, 0.2) is 5.65 Å². The summed E-state index contributed by atoms with van der Waals surface area (Å²) in [7, 11) is 1.98. The molecular formula is C28H25F3N6O. The lowest BCUT2D eigenvalue weighted by Gasteiger charge is -2.34.